The Morgan fingerprint density at radius 1 is 0.296 bits per heavy atom. The van der Waals surface area contributed by atoms with E-state index >= 15 is 0 Å². The molecule has 3 aromatic heterocycles. The molecule has 0 atom stereocenters. The van der Waals surface area contributed by atoms with E-state index in [4.69, 9.17) is 9.97 Å². The molecule has 252 valence electrons. The van der Waals surface area contributed by atoms with Crippen LogP contribution in [0.3, 0.4) is 0 Å². The van der Waals surface area contributed by atoms with Crippen molar-refractivity contribution in [2.45, 2.75) is 0 Å². The van der Waals surface area contributed by atoms with Crippen molar-refractivity contribution in [1.82, 2.24) is 19.1 Å². The zero-order valence-electron chi connectivity index (χ0n) is 29.3. The van der Waals surface area contributed by atoms with E-state index in [-0.39, 0.29) is 0 Å². The van der Waals surface area contributed by atoms with Gasteiger partial charge in [0.25, 0.3) is 0 Å². The van der Waals surface area contributed by atoms with Crippen LogP contribution in [-0.4, -0.2) is 19.1 Å². The number of rotatable bonds is 5. The van der Waals surface area contributed by atoms with Crippen LogP contribution in [0.4, 0.5) is 0 Å². The molecule has 0 fully saturated rings. The third-order valence-electron chi connectivity index (χ3n) is 10.7. The Kier molecular flexibility index (Phi) is 6.82. The molecule has 0 radical (unpaired) electrons. The normalized spacial score (nSPS) is 11.7. The number of pyridine rings is 1. The summed E-state index contributed by atoms with van der Waals surface area (Å²) in [7, 11) is 0. The van der Waals surface area contributed by atoms with E-state index in [0.717, 1.165) is 72.6 Å². The highest BCUT2D eigenvalue weighted by Crippen LogP contribution is 2.40. The molecule has 11 rings (SSSR count). The molecule has 54 heavy (non-hydrogen) atoms. The first-order chi connectivity index (χ1) is 26.8. The molecule has 11 aromatic rings. The van der Waals surface area contributed by atoms with Crippen molar-refractivity contribution in [1.29, 1.82) is 0 Å². The molecule has 0 amide bonds. The number of hydrogen-bond acceptors (Lipinski definition) is 2. The Morgan fingerprint density at radius 3 is 1.63 bits per heavy atom. The summed E-state index contributed by atoms with van der Waals surface area (Å²) in [5.74, 6) is 0.932. The Morgan fingerprint density at radius 2 is 0.870 bits per heavy atom. The highest BCUT2D eigenvalue weighted by Gasteiger charge is 2.18. The largest absolute Gasteiger partial charge is 0.309 e. The molecular formula is C50H32N4. The Hall–Kier alpha value is -7.30. The maximum absolute atomic E-state index is 5.22. The van der Waals surface area contributed by atoms with Crippen molar-refractivity contribution in [2.24, 2.45) is 0 Å². The smallest absolute Gasteiger partial charge is 0.145 e. The predicted octanol–water partition coefficient (Wildman–Crippen LogP) is 12.8. The number of aromatic nitrogens is 4. The summed E-state index contributed by atoms with van der Waals surface area (Å²) in [5.41, 5.74) is 13.1. The maximum Gasteiger partial charge on any atom is 0.145 e. The Balaban J connectivity index is 1.03. The molecule has 0 N–H and O–H groups in total. The van der Waals surface area contributed by atoms with Crippen LogP contribution >= 0.6 is 0 Å². The van der Waals surface area contributed by atoms with Gasteiger partial charge in [0.15, 0.2) is 0 Å². The van der Waals surface area contributed by atoms with Crippen LogP contribution < -0.4 is 0 Å². The lowest BCUT2D eigenvalue weighted by atomic mass is 9.98. The molecule has 4 nitrogen and oxygen atoms in total. The van der Waals surface area contributed by atoms with Crippen LogP contribution in [0.1, 0.15) is 0 Å². The predicted molar refractivity (Wildman–Crippen MR) is 225 cm³/mol. The number of fused-ring (bicyclic) bond motifs is 7. The van der Waals surface area contributed by atoms with Crippen LogP contribution in [0.25, 0.3) is 99.7 Å². The van der Waals surface area contributed by atoms with Gasteiger partial charge < -0.3 is 4.57 Å². The monoisotopic (exact) mass is 688 g/mol. The fraction of sp³-hybridized carbons (Fsp3) is 0. The second kappa shape index (κ2) is 12.1. The zero-order chi connectivity index (χ0) is 35.6. The van der Waals surface area contributed by atoms with Gasteiger partial charge in [0.1, 0.15) is 5.82 Å². The quantitative estimate of drug-likeness (QED) is 0.169. The van der Waals surface area contributed by atoms with Crippen LogP contribution in [0, 0.1) is 0 Å². The summed E-state index contributed by atoms with van der Waals surface area (Å²) in [6.07, 6.45) is 0. The topological polar surface area (TPSA) is 35.6 Å². The lowest BCUT2D eigenvalue weighted by Crippen LogP contribution is -1.97. The molecule has 8 aromatic carbocycles. The molecule has 0 saturated carbocycles. The lowest BCUT2D eigenvalue weighted by molar-refractivity contribution is 1.10. The van der Waals surface area contributed by atoms with Gasteiger partial charge in [-0.15, -0.1) is 0 Å². The molecular weight excluding hydrogens is 657 g/mol. The first kappa shape index (κ1) is 30.3. The molecule has 0 saturated heterocycles. The molecule has 3 heterocycles. The average Bonchev–Trinajstić information content (AvgIpc) is 3.79. The third-order valence-corrected chi connectivity index (χ3v) is 10.7. The van der Waals surface area contributed by atoms with Crippen LogP contribution in [0.5, 0.6) is 0 Å². The van der Waals surface area contributed by atoms with Gasteiger partial charge in [0.05, 0.1) is 33.3 Å². The number of para-hydroxylation sites is 5. The molecule has 0 aliphatic rings. The summed E-state index contributed by atoms with van der Waals surface area (Å²) in [6, 6.07) is 69.0. The van der Waals surface area contributed by atoms with Crippen molar-refractivity contribution in [2.75, 3.05) is 0 Å². The highest BCUT2D eigenvalue weighted by atomic mass is 15.1. The minimum Gasteiger partial charge on any atom is -0.309 e. The van der Waals surface area contributed by atoms with Gasteiger partial charge in [-0.25, -0.2) is 9.97 Å². The second-order valence-electron chi connectivity index (χ2n) is 13.8. The molecule has 0 bridgehead atoms. The molecule has 0 unspecified atom stereocenters. The number of nitrogens with zero attached hydrogens (tertiary/aromatic N) is 4. The summed E-state index contributed by atoms with van der Waals surface area (Å²) >= 11 is 0. The van der Waals surface area contributed by atoms with Gasteiger partial charge in [-0.3, -0.25) is 4.57 Å². The first-order valence-corrected chi connectivity index (χ1v) is 18.3. The lowest BCUT2D eigenvalue weighted by Gasteiger charge is -2.13. The Bertz CT molecular complexity index is 3170. The summed E-state index contributed by atoms with van der Waals surface area (Å²) in [5, 5.41) is 5.99. The maximum atomic E-state index is 5.22. The zero-order valence-corrected chi connectivity index (χ0v) is 29.3. The van der Waals surface area contributed by atoms with E-state index < -0.39 is 0 Å². The van der Waals surface area contributed by atoms with Gasteiger partial charge in [-0.1, -0.05) is 133 Å². The molecule has 4 heteroatoms. The van der Waals surface area contributed by atoms with Crippen molar-refractivity contribution >= 4 is 54.5 Å². The molecule has 0 spiro atoms. The van der Waals surface area contributed by atoms with Crippen LogP contribution in [0.15, 0.2) is 194 Å². The number of benzene rings is 8. The van der Waals surface area contributed by atoms with Gasteiger partial charge in [0, 0.05) is 44.0 Å². The number of imidazole rings is 1. The molecule has 0 aliphatic heterocycles. The third kappa shape index (κ3) is 4.78. The van der Waals surface area contributed by atoms with E-state index in [2.05, 4.69) is 191 Å². The van der Waals surface area contributed by atoms with Crippen LogP contribution in [0.2, 0.25) is 0 Å². The average molecular weight is 689 g/mol. The fourth-order valence-electron chi connectivity index (χ4n) is 8.18. The number of hydrogen-bond donors (Lipinski definition) is 0. The Labute approximate surface area is 311 Å². The van der Waals surface area contributed by atoms with Crippen molar-refractivity contribution in [3.05, 3.63) is 194 Å². The van der Waals surface area contributed by atoms with Crippen LogP contribution in [-0.2, 0) is 0 Å². The van der Waals surface area contributed by atoms with Gasteiger partial charge in [0.2, 0.25) is 0 Å². The minimum absolute atomic E-state index is 0.932. The highest BCUT2D eigenvalue weighted by molar-refractivity contribution is 6.20. The van der Waals surface area contributed by atoms with Gasteiger partial charge in [-0.2, -0.15) is 0 Å². The van der Waals surface area contributed by atoms with Crippen molar-refractivity contribution in [3.63, 3.8) is 0 Å². The summed E-state index contributed by atoms with van der Waals surface area (Å²) < 4.78 is 4.64. The van der Waals surface area contributed by atoms with Gasteiger partial charge in [-0.05, 0) is 77.2 Å². The van der Waals surface area contributed by atoms with E-state index in [9.17, 15) is 0 Å². The second-order valence-corrected chi connectivity index (χ2v) is 13.8. The van der Waals surface area contributed by atoms with Crippen molar-refractivity contribution < 1.29 is 0 Å². The van der Waals surface area contributed by atoms with E-state index in [1.54, 1.807) is 0 Å². The standard InChI is InChI=1S/C50H32N4/c1-3-13-35(14-4-1)49-43-32-48-42(31-41(43)39-17-7-9-19-44(39)51-49)40-18-8-11-21-46(40)53(48)38-29-27-34(28-30-38)33-23-25-36(26-24-33)50-52-45-20-10-12-22-47(45)54(50)37-15-5-2-6-16-37/h1-32H. The summed E-state index contributed by atoms with van der Waals surface area (Å²) in [6.45, 7) is 0. The van der Waals surface area contributed by atoms with E-state index in [1.165, 1.54) is 27.1 Å². The van der Waals surface area contributed by atoms with Gasteiger partial charge >= 0.3 is 0 Å². The van der Waals surface area contributed by atoms with E-state index in [1.807, 2.05) is 12.1 Å². The molecule has 0 aliphatic carbocycles. The summed E-state index contributed by atoms with van der Waals surface area (Å²) in [4.78, 5) is 10.3. The van der Waals surface area contributed by atoms with Crippen molar-refractivity contribution in [3.8, 4) is 45.1 Å². The SMILES string of the molecule is c1ccc(-c2nc3ccccc3c3cc4c5ccccc5n(-c5ccc(-c6ccc(-c7nc8ccccc8n7-c7ccccc7)cc6)cc5)c4cc23)cc1. The fourth-order valence-corrected chi connectivity index (χ4v) is 8.18. The first-order valence-electron chi connectivity index (χ1n) is 18.3. The minimum atomic E-state index is 0.932. The van der Waals surface area contributed by atoms with E-state index in [0.29, 0.717) is 0 Å².